The number of rotatable bonds is 4. The molecule has 0 unspecified atom stereocenters. The van der Waals surface area contributed by atoms with Gasteiger partial charge >= 0.3 is 5.97 Å². The van der Waals surface area contributed by atoms with E-state index in [4.69, 9.17) is 10.2 Å². The summed E-state index contributed by atoms with van der Waals surface area (Å²) in [6.45, 7) is 5.16. The van der Waals surface area contributed by atoms with Crippen LogP contribution in [0.4, 0.5) is 0 Å². The zero-order valence-electron chi connectivity index (χ0n) is 7.29. The zero-order chi connectivity index (χ0) is 9.07. The zero-order valence-corrected chi connectivity index (χ0v) is 7.29. The second-order valence-electron chi connectivity index (χ2n) is 3.62. The molecule has 66 valence electrons. The first-order valence-corrected chi connectivity index (χ1v) is 3.76. The molecule has 3 heteroatoms. The summed E-state index contributed by atoms with van der Waals surface area (Å²) in [5, 5.41) is 17.5. The van der Waals surface area contributed by atoms with E-state index in [0.717, 1.165) is 0 Å². The van der Waals surface area contributed by atoms with E-state index < -0.39 is 11.4 Å². The van der Waals surface area contributed by atoms with Gasteiger partial charge in [0.1, 0.15) is 0 Å². The Hall–Kier alpha value is -0.570. The fourth-order valence-electron chi connectivity index (χ4n) is 1.12. The van der Waals surface area contributed by atoms with Crippen molar-refractivity contribution in [1.29, 1.82) is 0 Å². The van der Waals surface area contributed by atoms with Crippen LogP contribution < -0.4 is 0 Å². The molecule has 0 radical (unpaired) electrons. The van der Waals surface area contributed by atoms with Gasteiger partial charge in [0.05, 0.1) is 12.0 Å². The lowest BCUT2D eigenvalue weighted by atomic mass is 9.83. The van der Waals surface area contributed by atoms with E-state index in [1.54, 1.807) is 6.92 Å². The number of hydrogen-bond donors (Lipinski definition) is 2. The van der Waals surface area contributed by atoms with E-state index in [1.807, 2.05) is 13.8 Å². The van der Waals surface area contributed by atoms with E-state index in [9.17, 15) is 4.79 Å². The van der Waals surface area contributed by atoms with E-state index in [2.05, 4.69) is 0 Å². The van der Waals surface area contributed by atoms with Crippen LogP contribution in [-0.2, 0) is 4.79 Å². The van der Waals surface area contributed by atoms with Crippen molar-refractivity contribution in [2.75, 3.05) is 6.61 Å². The number of hydrogen-bond acceptors (Lipinski definition) is 2. The first kappa shape index (κ1) is 10.4. The SMILES string of the molecule is CC(C)C[C@@](C)(CO)C(=O)O. The molecule has 0 amide bonds. The smallest absolute Gasteiger partial charge is 0.311 e. The Morgan fingerprint density at radius 2 is 2.00 bits per heavy atom. The maximum absolute atomic E-state index is 10.6. The summed E-state index contributed by atoms with van der Waals surface area (Å²) < 4.78 is 0. The lowest BCUT2D eigenvalue weighted by Crippen LogP contribution is -2.32. The van der Waals surface area contributed by atoms with Crippen LogP contribution in [0.2, 0.25) is 0 Å². The van der Waals surface area contributed by atoms with Crippen LogP contribution in [0, 0.1) is 11.3 Å². The van der Waals surface area contributed by atoms with Crippen LogP contribution in [0.3, 0.4) is 0 Å². The summed E-state index contributed by atoms with van der Waals surface area (Å²) in [4.78, 5) is 10.6. The van der Waals surface area contributed by atoms with Gasteiger partial charge in [-0.3, -0.25) is 4.79 Å². The molecule has 3 nitrogen and oxygen atoms in total. The molecule has 0 aromatic heterocycles. The molecule has 0 aromatic carbocycles. The van der Waals surface area contributed by atoms with Crippen LogP contribution >= 0.6 is 0 Å². The summed E-state index contributed by atoms with van der Waals surface area (Å²) >= 11 is 0. The lowest BCUT2D eigenvalue weighted by molar-refractivity contribution is -0.151. The number of aliphatic hydroxyl groups excluding tert-OH is 1. The molecule has 0 heterocycles. The van der Waals surface area contributed by atoms with Crippen LogP contribution in [0.5, 0.6) is 0 Å². The van der Waals surface area contributed by atoms with Crippen molar-refractivity contribution >= 4 is 5.97 Å². The summed E-state index contributed by atoms with van der Waals surface area (Å²) in [6.07, 6.45) is 0.513. The third-order valence-electron chi connectivity index (χ3n) is 1.72. The minimum absolute atomic E-state index is 0.291. The Bertz CT molecular complexity index is 142. The van der Waals surface area contributed by atoms with Crippen LogP contribution in [0.25, 0.3) is 0 Å². The Labute approximate surface area is 67.0 Å². The van der Waals surface area contributed by atoms with Crippen molar-refractivity contribution in [3.63, 3.8) is 0 Å². The Kier molecular flexibility index (Phi) is 3.52. The van der Waals surface area contributed by atoms with E-state index >= 15 is 0 Å². The molecule has 0 aliphatic carbocycles. The average Bonchev–Trinajstić information content (AvgIpc) is 1.86. The molecule has 0 saturated carbocycles. The van der Waals surface area contributed by atoms with Crippen molar-refractivity contribution in [2.24, 2.45) is 11.3 Å². The third kappa shape index (κ3) is 2.89. The molecule has 2 N–H and O–H groups in total. The minimum Gasteiger partial charge on any atom is -0.481 e. The lowest BCUT2D eigenvalue weighted by Gasteiger charge is -2.23. The number of carboxylic acids is 1. The van der Waals surface area contributed by atoms with Crippen molar-refractivity contribution in [3.05, 3.63) is 0 Å². The highest BCUT2D eigenvalue weighted by Crippen LogP contribution is 2.25. The quantitative estimate of drug-likeness (QED) is 0.647. The standard InChI is InChI=1S/C8H16O3/c1-6(2)4-8(3,5-9)7(10)11/h6,9H,4-5H2,1-3H3,(H,10,11)/t8-/m0/s1. The summed E-state index contributed by atoms with van der Waals surface area (Å²) in [5.74, 6) is -0.628. The van der Waals surface area contributed by atoms with Crippen molar-refractivity contribution < 1.29 is 15.0 Å². The maximum Gasteiger partial charge on any atom is 0.311 e. The number of aliphatic hydroxyl groups is 1. The molecule has 0 rings (SSSR count). The predicted molar refractivity (Wildman–Crippen MR) is 42.3 cm³/mol. The van der Waals surface area contributed by atoms with Crippen molar-refractivity contribution in [2.45, 2.75) is 27.2 Å². The van der Waals surface area contributed by atoms with Gasteiger partial charge in [-0.05, 0) is 19.3 Å². The van der Waals surface area contributed by atoms with Gasteiger partial charge in [-0.2, -0.15) is 0 Å². The molecule has 0 aliphatic heterocycles. The molecule has 0 aliphatic rings. The fraction of sp³-hybridized carbons (Fsp3) is 0.875. The second-order valence-corrected chi connectivity index (χ2v) is 3.62. The molecular formula is C8H16O3. The van der Waals surface area contributed by atoms with Gasteiger partial charge < -0.3 is 10.2 Å². The summed E-state index contributed by atoms with van der Waals surface area (Å²) in [7, 11) is 0. The summed E-state index contributed by atoms with van der Waals surface area (Å²) in [5.41, 5.74) is -0.964. The molecule has 1 atom stereocenters. The molecule has 0 saturated heterocycles. The van der Waals surface area contributed by atoms with Gasteiger partial charge in [0.25, 0.3) is 0 Å². The van der Waals surface area contributed by atoms with E-state index in [-0.39, 0.29) is 6.61 Å². The molecule has 11 heavy (non-hydrogen) atoms. The highest BCUT2D eigenvalue weighted by Gasteiger charge is 2.32. The highest BCUT2D eigenvalue weighted by molar-refractivity contribution is 5.74. The van der Waals surface area contributed by atoms with Gasteiger partial charge in [-0.15, -0.1) is 0 Å². The first-order chi connectivity index (χ1) is 4.92. The molecule has 0 spiro atoms. The van der Waals surface area contributed by atoms with Crippen molar-refractivity contribution in [3.8, 4) is 0 Å². The fourth-order valence-corrected chi connectivity index (χ4v) is 1.12. The molecule has 0 bridgehead atoms. The van der Waals surface area contributed by atoms with Gasteiger partial charge in [0, 0.05) is 0 Å². The maximum atomic E-state index is 10.6. The van der Waals surface area contributed by atoms with Gasteiger partial charge in [-0.25, -0.2) is 0 Å². The molecule has 0 aromatic rings. The van der Waals surface area contributed by atoms with Crippen LogP contribution in [0.1, 0.15) is 27.2 Å². The van der Waals surface area contributed by atoms with Gasteiger partial charge in [0.2, 0.25) is 0 Å². The number of aliphatic carboxylic acids is 1. The normalized spacial score (nSPS) is 16.5. The first-order valence-electron chi connectivity index (χ1n) is 3.76. The van der Waals surface area contributed by atoms with Crippen LogP contribution in [0.15, 0.2) is 0 Å². The Morgan fingerprint density at radius 3 is 2.09 bits per heavy atom. The highest BCUT2D eigenvalue weighted by atomic mass is 16.4. The largest absolute Gasteiger partial charge is 0.481 e. The predicted octanol–water partition coefficient (Wildman–Crippen LogP) is 1.12. The molecule has 0 fully saturated rings. The molecular weight excluding hydrogens is 144 g/mol. The van der Waals surface area contributed by atoms with Gasteiger partial charge in [-0.1, -0.05) is 13.8 Å². The minimum atomic E-state index is -0.964. The monoisotopic (exact) mass is 160 g/mol. The van der Waals surface area contributed by atoms with Crippen molar-refractivity contribution in [1.82, 2.24) is 0 Å². The second kappa shape index (κ2) is 3.72. The summed E-state index contributed by atoms with van der Waals surface area (Å²) in [6, 6.07) is 0. The number of carbonyl (C=O) groups is 1. The average molecular weight is 160 g/mol. The van der Waals surface area contributed by atoms with Crippen LogP contribution in [-0.4, -0.2) is 22.8 Å². The van der Waals surface area contributed by atoms with E-state index in [1.165, 1.54) is 0 Å². The van der Waals surface area contributed by atoms with Gasteiger partial charge in [0.15, 0.2) is 0 Å². The number of carboxylic acid groups (broad SMARTS) is 1. The Balaban J connectivity index is 4.22. The topological polar surface area (TPSA) is 57.5 Å². The van der Waals surface area contributed by atoms with E-state index in [0.29, 0.717) is 12.3 Å². The third-order valence-corrected chi connectivity index (χ3v) is 1.72. The Morgan fingerprint density at radius 1 is 1.55 bits per heavy atom.